The van der Waals surface area contributed by atoms with E-state index < -0.39 is 17.7 Å². The summed E-state index contributed by atoms with van der Waals surface area (Å²) in [5.74, 6) is -0.749. The van der Waals surface area contributed by atoms with E-state index in [-0.39, 0.29) is 0 Å². The zero-order valence-electron chi connectivity index (χ0n) is 10.7. The highest BCUT2D eigenvalue weighted by atomic mass is 19.1. The summed E-state index contributed by atoms with van der Waals surface area (Å²) in [6, 6.07) is 9.71. The van der Waals surface area contributed by atoms with E-state index in [0.717, 1.165) is 37.7 Å². The minimum atomic E-state index is -1.56. The SMILES string of the molecule is CC(F)C(=O)OC1(c2ccccc2)CCCCC1. The van der Waals surface area contributed by atoms with E-state index in [1.54, 1.807) is 0 Å². The van der Waals surface area contributed by atoms with E-state index in [2.05, 4.69) is 0 Å². The Balaban J connectivity index is 2.26. The van der Waals surface area contributed by atoms with Crippen LogP contribution in [0.2, 0.25) is 0 Å². The van der Waals surface area contributed by atoms with Crippen LogP contribution in [0.5, 0.6) is 0 Å². The molecule has 1 aliphatic carbocycles. The molecule has 0 N–H and O–H groups in total. The number of esters is 1. The average Bonchev–Trinajstić information content (AvgIpc) is 2.40. The van der Waals surface area contributed by atoms with Crippen LogP contribution in [0.4, 0.5) is 4.39 Å². The first-order chi connectivity index (χ1) is 8.64. The fraction of sp³-hybridized carbons (Fsp3) is 0.533. The van der Waals surface area contributed by atoms with Gasteiger partial charge in [0.1, 0.15) is 5.60 Å². The predicted molar refractivity (Wildman–Crippen MR) is 67.9 cm³/mol. The zero-order valence-corrected chi connectivity index (χ0v) is 10.7. The number of benzene rings is 1. The number of hydrogen-bond acceptors (Lipinski definition) is 2. The molecule has 2 nitrogen and oxygen atoms in total. The van der Waals surface area contributed by atoms with Gasteiger partial charge in [-0.25, -0.2) is 9.18 Å². The van der Waals surface area contributed by atoms with Crippen LogP contribution in [0.25, 0.3) is 0 Å². The van der Waals surface area contributed by atoms with Crippen molar-refractivity contribution in [3.8, 4) is 0 Å². The summed E-state index contributed by atoms with van der Waals surface area (Å²) in [5, 5.41) is 0. The molecule has 1 unspecified atom stereocenters. The molecule has 1 saturated carbocycles. The molecule has 0 spiro atoms. The van der Waals surface area contributed by atoms with Crippen molar-refractivity contribution in [1.82, 2.24) is 0 Å². The highest BCUT2D eigenvalue weighted by Gasteiger charge is 2.38. The third-order valence-corrected chi connectivity index (χ3v) is 3.58. The maximum Gasteiger partial charge on any atom is 0.341 e. The molecule has 3 heteroatoms. The number of hydrogen-bond donors (Lipinski definition) is 0. The van der Waals surface area contributed by atoms with Crippen LogP contribution >= 0.6 is 0 Å². The molecule has 0 bridgehead atoms. The molecule has 0 radical (unpaired) electrons. The van der Waals surface area contributed by atoms with Gasteiger partial charge in [0, 0.05) is 0 Å². The fourth-order valence-corrected chi connectivity index (χ4v) is 2.59. The number of ether oxygens (including phenoxy) is 1. The highest BCUT2D eigenvalue weighted by molar-refractivity contribution is 5.74. The van der Waals surface area contributed by atoms with Crippen molar-refractivity contribution in [2.75, 3.05) is 0 Å². The normalized spacial score (nSPS) is 20.1. The largest absolute Gasteiger partial charge is 0.452 e. The highest BCUT2D eigenvalue weighted by Crippen LogP contribution is 2.40. The quantitative estimate of drug-likeness (QED) is 0.764. The number of alkyl halides is 1. The second kappa shape index (κ2) is 5.51. The van der Waals surface area contributed by atoms with Crippen LogP contribution < -0.4 is 0 Å². The molecule has 0 saturated heterocycles. The van der Waals surface area contributed by atoms with Crippen molar-refractivity contribution in [3.05, 3.63) is 35.9 Å². The lowest BCUT2D eigenvalue weighted by atomic mass is 9.79. The molecule has 2 rings (SSSR count). The van der Waals surface area contributed by atoms with E-state index in [4.69, 9.17) is 4.74 Å². The van der Waals surface area contributed by atoms with Gasteiger partial charge in [0.15, 0.2) is 6.17 Å². The van der Waals surface area contributed by atoms with E-state index >= 15 is 0 Å². The Bertz CT molecular complexity index is 394. The molecular weight excluding hydrogens is 231 g/mol. The molecule has 0 heterocycles. The molecule has 1 atom stereocenters. The first-order valence-electron chi connectivity index (χ1n) is 6.56. The van der Waals surface area contributed by atoms with Crippen molar-refractivity contribution < 1.29 is 13.9 Å². The zero-order chi connectivity index (χ0) is 13.0. The van der Waals surface area contributed by atoms with Gasteiger partial charge in [0.25, 0.3) is 0 Å². The minimum Gasteiger partial charge on any atom is -0.452 e. The Labute approximate surface area is 107 Å². The summed E-state index contributed by atoms with van der Waals surface area (Å²) in [6.45, 7) is 1.23. The van der Waals surface area contributed by atoms with Crippen LogP contribution in [0.15, 0.2) is 30.3 Å². The van der Waals surface area contributed by atoms with Crippen LogP contribution in [0, 0.1) is 0 Å². The third-order valence-electron chi connectivity index (χ3n) is 3.58. The molecular formula is C15H19FO2. The van der Waals surface area contributed by atoms with Gasteiger partial charge in [-0.1, -0.05) is 36.8 Å². The maximum absolute atomic E-state index is 13.1. The van der Waals surface area contributed by atoms with Gasteiger partial charge in [-0.2, -0.15) is 0 Å². The predicted octanol–water partition coefficient (Wildman–Crippen LogP) is 3.75. The monoisotopic (exact) mass is 250 g/mol. The lowest BCUT2D eigenvalue weighted by molar-refractivity contribution is -0.170. The lowest BCUT2D eigenvalue weighted by Gasteiger charge is -2.37. The number of rotatable bonds is 3. The molecule has 1 aromatic carbocycles. The number of carbonyl (C=O) groups excluding carboxylic acids is 1. The first kappa shape index (κ1) is 13.1. The van der Waals surface area contributed by atoms with E-state index in [1.807, 2.05) is 30.3 Å². The van der Waals surface area contributed by atoms with Gasteiger partial charge < -0.3 is 4.74 Å². The number of halogens is 1. The summed E-state index contributed by atoms with van der Waals surface area (Å²) in [5.41, 5.74) is 0.371. The Morgan fingerprint density at radius 1 is 1.22 bits per heavy atom. The van der Waals surface area contributed by atoms with Crippen LogP contribution in [-0.4, -0.2) is 12.1 Å². The van der Waals surface area contributed by atoms with E-state index in [0.29, 0.717) is 0 Å². The van der Waals surface area contributed by atoms with Gasteiger partial charge in [0.05, 0.1) is 0 Å². The van der Waals surface area contributed by atoms with Gasteiger partial charge in [0.2, 0.25) is 0 Å². The van der Waals surface area contributed by atoms with Crippen molar-refractivity contribution in [3.63, 3.8) is 0 Å². The summed E-state index contributed by atoms with van der Waals surface area (Å²) in [6.07, 6.45) is 3.20. The van der Waals surface area contributed by atoms with Gasteiger partial charge in [-0.15, -0.1) is 0 Å². The first-order valence-corrected chi connectivity index (χ1v) is 6.56. The van der Waals surface area contributed by atoms with Crippen LogP contribution in [0.3, 0.4) is 0 Å². The van der Waals surface area contributed by atoms with Crippen molar-refractivity contribution in [1.29, 1.82) is 0 Å². The molecule has 0 aromatic heterocycles. The van der Waals surface area contributed by atoms with Crippen molar-refractivity contribution in [2.45, 2.75) is 50.8 Å². The second-order valence-corrected chi connectivity index (χ2v) is 4.96. The van der Waals surface area contributed by atoms with Gasteiger partial charge in [-0.3, -0.25) is 0 Å². The third kappa shape index (κ3) is 2.71. The molecule has 98 valence electrons. The topological polar surface area (TPSA) is 26.3 Å². The molecule has 0 amide bonds. The van der Waals surface area contributed by atoms with E-state index in [9.17, 15) is 9.18 Å². The van der Waals surface area contributed by atoms with Crippen LogP contribution in [0.1, 0.15) is 44.6 Å². The summed E-state index contributed by atoms with van der Waals surface area (Å²) in [4.78, 5) is 11.6. The minimum absolute atomic E-state index is 0.614. The van der Waals surface area contributed by atoms with Crippen molar-refractivity contribution in [2.24, 2.45) is 0 Å². The Morgan fingerprint density at radius 2 is 1.83 bits per heavy atom. The molecule has 1 aliphatic rings. The molecule has 0 aliphatic heterocycles. The Morgan fingerprint density at radius 3 is 2.39 bits per heavy atom. The summed E-state index contributed by atoms with van der Waals surface area (Å²) >= 11 is 0. The standard InChI is InChI=1S/C15H19FO2/c1-12(16)14(17)18-15(10-6-3-7-11-15)13-8-4-2-5-9-13/h2,4-5,8-9,12H,3,6-7,10-11H2,1H3. The van der Waals surface area contributed by atoms with Crippen molar-refractivity contribution >= 4 is 5.97 Å². The second-order valence-electron chi connectivity index (χ2n) is 4.96. The number of carbonyl (C=O) groups is 1. The maximum atomic E-state index is 13.1. The van der Waals surface area contributed by atoms with Crippen LogP contribution in [-0.2, 0) is 15.1 Å². The average molecular weight is 250 g/mol. The fourth-order valence-electron chi connectivity index (χ4n) is 2.59. The van der Waals surface area contributed by atoms with Gasteiger partial charge in [-0.05, 0) is 38.2 Å². The Hall–Kier alpha value is -1.38. The smallest absolute Gasteiger partial charge is 0.341 e. The lowest BCUT2D eigenvalue weighted by Crippen LogP contribution is -2.36. The molecule has 18 heavy (non-hydrogen) atoms. The Kier molecular flexibility index (Phi) is 4.00. The summed E-state index contributed by atoms with van der Waals surface area (Å²) < 4.78 is 18.6. The molecule has 1 aromatic rings. The van der Waals surface area contributed by atoms with Gasteiger partial charge >= 0.3 is 5.97 Å². The van der Waals surface area contributed by atoms with E-state index in [1.165, 1.54) is 6.92 Å². The summed E-state index contributed by atoms with van der Waals surface area (Å²) in [7, 11) is 0. The molecule has 1 fully saturated rings.